The maximum absolute atomic E-state index is 12.2. The molecule has 2 amide bonds. The molecule has 0 saturated heterocycles. The Balaban J connectivity index is 1.88. The lowest BCUT2D eigenvalue weighted by Gasteiger charge is -2.20. The Morgan fingerprint density at radius 3 is 2.48 bits per heavy atom. The van der Waals surface area contributed by atoms with E-state index in [-0.39, 0.29) is 18.4 Å². The number of benzene rings is 2. The zero-order chi connectivity index (χ0) is 18.2. The van der Waals surface area contributed by atoms with Crippen LogP contribution in [0.1, 0.15) is 18.9 Å². The van der Waals surface area contributed by atoms with Crippen molar-refractivity contribution in [3.63, 3.8) is 0 Å². The number of carbonyl (C=O) groups is 2. The normalized spacial score (nSPS) is 10.4. The third-order valence-electron chi connectivity index (χ3n) is 3.72. The van der Waals surface area contributed by atoms with Crippen molar-refractivity contribution in [1.29, 1.82) is 0 Å². The molecule has 0 aliphatic rings. The Morgan fingerprint density at radius 1 is 1.08 bits per heavy atom. The van der Waals surface area contributed by atoms with Crippen LogP contribution in [0, 0.1) is 0 Å². The van der Waals surface area contributed by atoms with Gasteiger partial charge in [0.25, 0.3) is 0 Å². The molecule has 0 aliphatic carbocycles. The fraction of sp³-hybridized carbons (Fsp3) is 0.263. The molecule has 0 heterocycles. The van der Waals surface area contributed by atoms with E-state index >= 15 is 0 Å². The number of anilines is 1. The first-order valence-corrected chi connectivity index (χ1v) is 8.75. The van der Waals surface area contributed by atoms with Crippen molar-refractivity contribution in [2.24, 2.45) is 0 Å². The molecule has 1 N–H and O–H groups in total. The van der Waals surface area contributed by atoms with Gasteiger partial charge >= 0.3 is 0 Å². The Hall–Kier alpha value is -2.04. The lowest BCUT2D eigenvalue weighted by atomic mass is 10.1. The van der Waals surface area contributed by atoms with Gasteiger partial charge < -0.3 is 10.2 Å². The molecular weight excluding hydrogens is 359 g/mol. The van der Waals surface area contributed by atoms with Gasteiger partial charge in [-0.1, -0.05) is 53.5 Å². The van der Waals surface area contributed by atoms with Gasteiger partial charge in [0.15, 0.2) is 0 Å². The highest BCUT2D eigenvalue weighted by Crippen LogP contribution is 2.25. The largest absolute Gasteiger partial charge is 0.334 e. The van der Waals surface area contributed by atoms with Crippen LogP contribution in [-0.2, 0) is 16.0 Å². The average molecular weight is 379 g/mol. The summed E-state index contributed by atoms with van der Waals surface area (Å²) in [7, 11) is 0. The predicted octanol–water partition coefficient (Wildman–Crippen LogP) is 4.41. The number of halogens is 2. The highest BCUT2D eigenvalue weighted by molar-refractivity contribution is 6.35. The van der Waals surface area contributed by atoms with E-state index in [0.717, 1.165) is 12.8 Å². The number of nitrogens with one attached hydrogen (secondary N) is 1. The SMILES string of the molecule is CC(=O)N(CCCc1ccccc1)CC(=O)Nc1cc(Cl)ccc1Cl. The molecule has 2 aromatic rings. The first-order valence-electron chi connectivity index (χ1n) is 8.00. The number of hydrogen-bond acceptors (Lipinski definition) is 2. The maximum atomic E-state index is 12.2. The van der Waals surface area contributed by atoms with Crippen LogP contribution in [0.15, 0.2) is 48.5 Å². The summed E-state index contributed by atoms with van der Waals surface area (Å²) in [6, 6.07) is 14.9. The summed E-state index contributed by atoms with van der Waals surface area (Å²) >= 11 is 11.9. The van der Waals surface area contributed by atoms with Crippen molar-refractivity contribution in [2.45, 2.75) is 19.8 Å². The van der Waals surface area contributed by atoms with Crippen LogP contribution in [0.4, 0.5) is 5.69 Å². The Morgan fingerprint density at radius 2 is 1.80 bits per heavy atom. The molecule has 2 aromatic carbocycles. The predicted molar refractivity (Wildman–Crippen MR) is 102 cm³/mol. The minimum Gasteiger partial charge on any atom is -0.334 e. The van der Waals surface area contributed by atoms with Crippen molar-refractivity contribution < 1.29 is 9.59 Å². The van der Waals surface area contributed by atoms with E-state index in [1.807, 2.05) is 30.3 Å². The summed E-state index contributed by atoms with van der Waals surface area (Å²) in [5, 5.41) is 3.57. The van der Waals surface area contributed by atoms with Crippen LogP contribution >= 0.6 is 23.2 Å². The number of hydrogen-bond donors (Lipinski definition) is 1. The van der Waals surface area contributed by atoms with E-state index < -0.39 is 0 Å². The van der Waals surface area contributed by atoms with Crippen LogP contribution in [0.2, 0.25) is 10.0 Å². The minimum atomic E-state index is -0.306. The van der Waals surface area contributed by atoms with Crippen LogP contribution in [0.5, 0.6) is 0 Å². The van der Waals surface area contributed by atoms with Gasteiger partial charge in [-0.15, -0.1) is 0 Å². The van der Waals surface area contributed by atoms with Crippen molar-refractivity contribution >= 4 is 40.7 Å². The number of rotatable bonds is 7. The lowest BCUT2D eigenvalue weighted by Crippen LogP contribution is -2.37. The monoisotopic (exact) mass is 378 g/mol. The second kappa shape index (κ2) is 9.44. The number of aryl methyl sites for hydroxylation is 1. The highest BCUT2D eigenvalue weighted by atomic mass is 35.5. The van der Waals surface area contributed by atoms with Gasteiger partial charge in [0.2, 0.25) is 11.8 Å². The fourth-order valence-corrected chi connectivity index (χ4v) is 2.76. The van der Waals surface area contributed by atoms with Crippen LogP contribution < -0.4 is 5.32 Å². The van der Waals surface area contributed by atoms with Crippen LogP contribution in [0.3, 0.4) is 0 Å². The molecule has 0 saturated carbocycles. The molecule has 0 bridgehead atoms. The zero-order valence-corrected chi connectivity index (χ0v) is 15.5. The summed E-state index contributed by atoms with van der Waals surface area (Å²) in [5.74, 6) is -0.445. The Kier molecular flexibility index (Phi) is 7.29. The van der Waals surface area contributed by atoms with Gasteiger partial charge in [0.1, 0.15) is 0 Å². The number of amides is 2. The molecule has 0 aromatic heterocycles. The molecule has 132 valence electrons. The van der Waals surface area contributed by atoms with Crippen molar-refractivity contribution in [3.05, 3.63) is 64.1 Å². The molecule has 0 spiro atoms. The Labute approximate surface area is 157 Å². The maximum Gasteiger partial charge on any atom is 0.244 e. The van der Waals surface area contributed by atoms with E-state index in [2.05, 4.69) is 5.32 Å². The first kappa shape index (κ1) is 19.3. The molecule has 0 radical (unpaired) electrons. The zero-order valence-electron chi connectivity index (χ0n) is 14.0. The minimum absolute atomic E-state index is 0.0209. The number of nitrogens with zero attached hydrogens (tertiary/aromatic N) is 1. The third kappa shape index (κ3) is 6.40. The first-order chi connectivity index (χ1) is 12.0. The average Bonchev–Trinajstić information content (AvgIpc) is 2.58. The van der Waals surface area contributed by atoms with Crippen molar-refractivity contribution in [1.82, 2.24) is 4.90 Å². The number of carbonyl (C=O) groups excluding carboxylic acids is 2. The van der Waals surface area contributed by atoms with Gasteiger partial charge in [-0.3, -0.25) is 9.59 Å². The second-order valence-corrected chi connectivity index (χ2v) is 6.55. The van der Waals surface area contributed by atoms with E-state index in [1.165, 1.54) is 17.4 Å². The molecule has 0 unspecified atom stereocenters. The van der Waals surface area contributed by atoms with Crippen LogP contribution in [-0.4, -0.2) is 29.8 Å². The van der Waals surface area contributed by atoms with E-state index in [1.54, 1.807) is 18.2 Å². The second-order valence-electron chi connectivity index (χ2n) is 5.70. The molecule has 4 nitrogen and oxygen atoms in total. The summed E-state index contributed by atoms with van der Waals surface area (Å²) in [6.07, 6.45) is 1.64. The molecule has 6 heteroatoms. The van der Waals surface area contributed by atoms with Gasteiger partial charge in [-0.25, -0.2) is 0 Å². The molecule has 0 fully saturated rings. The molecule has 0 aliphatic heterocycles. The summed E-state index contributed by atoms with van der Waals surface area (Å²) in [6.45, 7) is 1.95. The van der Waals surface area contributed by atoms with Crippen molar-refractivity contribution in [2.75, 3.05) is 18.4 Å². The van der Waals surface area contributed by atoms with Gasteiger partial charge in [0.05, 0.1) is 17.3 Å². The van der Waals surface area contributed by atoms with Crippen molar-refractivity contribution in [3.8, 4) is 0 Å². The third-order valence-corrected chi connectivity index (χ3v) is 4.28. The molecule has 2 rings (SSSR count). The van der Waals surface area contributed by atoms with Crippen LogP contribution in [0.25, 0.3) is 0 Å². The van der Waals surface area contributed by atoms with Gasteiger partial charge in [-0.05, 0) is 36.6 Å². The standard InChI is InChI=1S/C19H20Cl2N2O2/c1-14(24)23(11-5-8-15-6-3-2-4-7-15)13-19(25)22-18-12-16(20)9-10-17(18)21/h2-4,6-7,9-10,12H,5,8,11,13H2,1H3,(H,22,25). The lowest BCUT2D eigenvalue weighted by molar-refractivity contribution is -0.132. The fourth-order valence-electron chi connectivity index (χ4n) is 2.42. The molecule has 0 atom stereocenters. The van der Waals surface area contributed by atoms with Gasteiger partial charge in [-0.2, -0.15) is 0 Å². The Bertz CT molecular complexity index is 735. The molecule has 25 heavy (non-hydrogen) atoms. The summed E-state index contributed by atoms with van der Waals surface area (Å²) < 4.78 is 0. The van der Waals surface area contributed by atoms with E-state index in [9.17, 15) is 9.59 Å². The molecular formula is C19H20Cl2N2O2. The summed E-state index contributed by atoms with van der Waals surface area (Å²) in [4.78, 5) is 25.5. The van der Waals surface area contributed by atoms with E-state index in [0.29, 0.717) is 22.3 Å². The van der Waals surface area contributed by atoms with E-state index in [4.69, 9.17) is 23.2 Å². The smallest absolute Gasteiger partial charge is 0.244 e. The summed E-state index contributed by atoms with van der Waals surface area (Å²) in [5.41, 5.74) is 1.65. The quantitative estimate of drug-likeness (QED) is 0.775. The topological polar surface area (TPSA) is 49.4 Å². The highest BCUT2D eigenvalue weighted by Gasteiger charge is 2.14. The van der Waals surface area contributed by atoms with Gasteiger partial charge in [0, 0.05) is 18.5 Å².